The van der Waals surface area contributed by atoms with Crippen LogP contribution in [0, 0.1) is 0 Å². The van der Waals surface area contributed by atoms with E-state index in [-0.39, 0.29) is 0 Å². The molecule has 0 saturated heterocycles. The summed E-state index contributed by atoms with van der Waals surface area (Å²) in [7, 11) is 2.08. The van der Waals surface area contributed by atoms with Crippen LogP contribution in [0.1, 0.15) is 25.3 Å². The SMILES string of the molecule is CC(C)c1cn(C)c2ccc(N/C=C\N)cc12. The van der Waals surface area contributed by atoms with Gasteiger partial charge in [0.15, 0.2) is 0 Å². The molecule has 3 N–H and O–H groups in total. The van der Waals surface area contributed by atoms with Gasteiger partial charge >= 0.3 is 0 Å². The van der Waals surface area contributed by atoms with Crippen molar-refractivity contribution in [2.75, 3.05) is 5.32 Å². The number of hydrogen-bond acceptors (Lipinski definition) is 2. The van der Waals surface area contributed by atoms with Crippen LogP contribution in [0.15, 0.2) is 36.8 Å². The Morgan fingerprint density at radius 2 is 2.12 bits per heavy atom. The van der Waals surface area contributed by atoms with Gasteiger partial charge < -0.3 is 15.6 Å². The van der Waals surface area contributed by atoms with E-state index >= 15 is 0 Å². The molecule has 0 amide bonds. The molecule has 17 heavy (non-hydrogen) atoms. The number of nitrogens with zero attached hydrogens (tertiary/aromatic N) is 1. The predicted molar refractivity (Wildman–Crippen MR) is 74.0 cm³/mol. The van der Waals surface area contributed by atoms with Crippen molar-refractivity contribution in [2.45, 2.75) is 19.8 Å². The molecule has 0 atom stereocenters. The van der Waals surface area contributed by atoms with Crippen LogP contribution in [0.3, 0.4) is 0 Å². The van der Waals surface area contributed by atoms with Crippen molar-refractivity contribution in [1.29, 1.82) is 0 Å². The summed E-state index contributed by atoms with van der Waals surface area (Å²) in [5.74, 6) is 0.527. The molecule has 1 aromatic carbocycles. The van der Waals surface area contributed by atoms with Crippen LogP contribution in [0.4, 0.5) is 5.69 Å². The van der Waals surface area contributed by atoms with E-state index in [1.165, 1.54) is 22.7 Å². The smallest absolute Gasteiger partial charge is 0.0482 e. The fourth-order valence-electron chi connectivity index (χ4n) is 2.12. The number of benzene rings is 1. The second-order valence-corrected chi connectivity index (χ2v) is 4.59. The van der Waals surface area contributed by atoms with Crippen LogP contribution in [0.25, 0.3) is 10.9 Å². The molecule has 3 heteroatoms. The second kappa shape index (κ2) is 4.53. The summed E-state index contributed by atoms with van der Waals surface area (Å²) in [6, 6.07) is 6.37. The van der Waals surface area contributed by atoms with Gasteiger partial charge in [0, 0.05) is 42.2 Å². The Morgan fingerprint density at radius 1 is 1.35 bits per heavy atom. The highest BCUT2D eigenvalue weighted by atomic mass is 14.9. The molecular weight excluding hydrogens is 210 g/mol. The lowest BCUT2D eigenvalue weighted by atomic mass is 10.0. The first kappa shape index (κ1) is 11.6. The first-order chi connectivity index (χ1) is 8.13. The highest BCUT2D eigenvalue weighted by molar-refractivity contribution is 5.87. The largest absolute Gasteiger partial charge is 0.403 e. The van der Waals surface area contributed by atoms with Crippen molar-refractivity contribution in [3.8, 4) is 0 Å². The minimum Gasteiger partial charge on any atom is -0.403 e. The number of aromatic nitrogens is 1. The van der Waals surface area contributed by atoms with E-state index in [1.807, 2.05) is 0 Å². The number of rotatable bonds is 3. The monoisotopic (exact) mass is 229 g/mol. The van der Waals surface area contributed by atoms with Crippen molar-refractivity contribution in [1.82, 2.24) is 4.57 Å². The lowest BCUT2D eigenvalue weighted by molar-refractivity contribution is 0.857. The van der Waals surface area contributed by atoms with Gasteiger partial charge in [0.05, 0.1) is 0 Å². The average molecular weight is 229 g/mol. The number of nitrogens with one attached hydrogen (secondary N) is 1. The molecule has 0 aliphatic carbocycles. The van der Waals surface area contributed by atoms with Gasteiger partial charge in [-0.25, -0.2) is 0 Å². The summed E-state index contributed by atoms with van der Waals surface area (Å²) in [4.78, 5) is 0. The molecule has 0 radical (unpaired) electrons. The van der Waals surface area contributed by atoms with Crippen molar-refractivity contribution >= 4 is 16.6 Å². The third-order valence-electron chi connectivity index (χ3n) is 2.99. The van der Waals surface area contributed by atoms with Crippen LogP contribution >= 0.6 is 0 Å². The lowest BCUT2D eigenvalue weighted by Gasteiger charge is -2.05. The van der Waals surface area contributed by atoms with Crippen molar-refractivity contribution < 1.29 is 0 Å². The molecule has 2 aromatic rings. The Hall–Kier alpha value is -1.90. The quantitative estimate of drug-likeness (QED) is 0.849. The van der Waals surface area contributed by atoms with Crippen LogP contribution in [-0.2, 0) is 7.05 Å². The van der Waals surface area contributed by atoms with Crippen LogP contribution in [0.5, 0.6) is 0 Å². The molecule has 0 aliphatic heterocycles. The van der Waals surface area contributed by atoms with Gasteiger partial charge in [-0.2, -0.15) is 0 Å². The standard InChI is InChI=1S/C14H19N3/c1-10(2)13-9-17(3)14-5-4-11(8-12(13)14)16-7-6-15/h4-10,16H,15H2,1-3H3/b7-6-. The van der Waals surface area contributed by atoms with Gasteiger partial charge in [-0.3, -0.25) is 0 Å². The highest BCUT2D eigenvalue weighted by Crippen LogP contribution is 2.29. The molecule has 3 nitrogen and oxygen atoms in total. The first-order valence-electron chi connectivity index (χ1n) is 5.85. The van der Waals surface area contributed by atoms with Crippen LogP contribution in [0.2, 0.25) is 0 Å². The van der Waals surface area contributed by atoms with E-state index < -0.39 is 0 Å². The van der Waals surface area contributed by atoms with Crippen LogP contribution < -0.4 is 11.1 Å². The maximum absolute atomic E-state index is 5.32. The normalized spacial score (nSPS) is 11.8. The summed E-state index contributed by atoms with van der Waals surface area (Å²) >= 11 is 0. The van der Waals surface area contributed by atoms with Gasteiger partial charge in [-0.15, -0.1) is 0 Å². The van der Waals surface area contributed by atoms with E-state index in [1.54, 1.807) is 6.20 Å². The zero-order valence-electron chi connectivity index (χ0n) is 10.6. The Bertz CT molecular complexity index is 550. The predicted octanol–water partition coefficient (Wildman–Crippen LogP) is 3.14. The van der Waals surface area contributed by atoms with Gasteiger partial charge in [-0.05, 0) is 29.7 Å². The molecule has 90 valence electrons. The number of anilines is 1. The third kappa shape index (κ3) is 2.13. The van der Waals surface area contributed by atoms with Crippen LogP contribution in [-0.4, -0.2) is 4.57 Å². The van der Waals surface area contributed by atoms with E-state index in [4.69, 9.17) is 5.73 Å². The molecule has 0 bridgehead atoms. The zero-order valence-corrected chi connectivity index (χ0v) is 10.6. The summed E-state index contributed by atoms with van der Waals surface area (Å²) < 4.78 is 2.17. The van der Waals surface area contributed by atoms with Gasteiger partial charge in [0.25, 0.3) is 0 Å². The van der Waals surface area contributed by atoms with Gasteiger partial charge in [0.1, 0.15) is 0 Å². The maximum atomic E-state index is 5.32. The first-order valence-corrected chi connectivity index (χ1v) is 5.85. The molecular formula is C14H19N3. The fraction of sp³-hybridized carbons (Fsp3) is 0.286. The maximum Gasteiger partial charge on any atom is 0.0482 e. The summed E-state index contributed by atoms with van der Waals surface area (Å²) in [5, 5.41) is 4.45. The van der Waals surface area contributed by atoms with E-state index in [9.17, 15) is 0 Å². The molecule has 0 fully saturated rings. The molecule has 0 unspecified atom stereocenters. The van der Waals surface area contributed by atoms with Gasteiger partial charge in [-0.1, -0.05) is 13.8 Å². The Morgan fingerprint density at radius 3 is 2.76 bits per heavy atom. The second-order valence-electron chi connectivity index (χ2n) is 4.59. The molecule has 2 rings (SSSR count). The number of hydrogen-bond donors (Lipinski definition) is 2. The fourth-order valence-corrected chi connectivity index (χ4v) is 2.12. The minimum atomic E-state index is 0.527. The summed E-state index contributed by atoms with van der Waals surface area (Å²) in [6.07, 6.45) is 5.44. The molecule has 1 heterocycles. The van der Waals surface area contributed by atoms with Crippen molar-refractivity contribution in [2.24, 2.45) is 12.8 Å². The molecule has 0 spiro atoms. The van der Waals surface area contributed by atoms with Crippen molar-refractivity contribution in [3.63, 3.8) is 0 Å². The Kier molecular flexibility index (Phi) is 3.09. The van der Waals surface area contributed by atoms with E-state index in [2.05, 4.69) is 55.2 Å². The lowest BCUT2D eigenvalue weighted by Crippen LogP contribution is -1.90. The minimum absolute atomic E-state index is 0.527. The van der Waals surface area contributed by atoms with Gasteiger partial charge in [0.2, 0.25) is 0 Å². The number of aryl methyl sites for hydroxylation is 1. The molecule has 0 saturated carbocycles. The Balaban J connectivity index is 2.54. The van der Waals surface area contributed by atoms with Crippen molar-refractivity contribution in [3.05, 3.63) is 42.4 Å². The number of nitrogens with two attached hydrogens (primary N) is 1. The number of fused-ring (bicyclic) bond motifs is 1. The zero-order chi connectivity index (χ0) is 12.4. The Labute approximate surface area is 102 Å². The van der Waals surface area contributed by atoms with E-state index in [0.717, 1.165) is 5.69 Å². The molecule has 1 aromatic heterocycles. The topological polar surface area (TPSA) is 43.0 Å². The third-order valence-corrected chi connectivity index (χ3v) is 2.99. The highest BCUT2D eigenvalue weighted by Gasteiger charge is 2.09. The summed E-state index contributed by atoms with van der Waals surface area (Å²) in [5.41, 5.74) is 9.02. The summed E-state index contributed by atoms with van der Waals surface area (Å²) in [6.45, 7) is 4.43. The van der Waals surface area contributed by atoms with E-state index in [0.29, 0.717) is 5.92 Å². The molecule has 0 aliphatic rings. The average Bonchev–Trinajstić information content (AvgIpc) is 2.64.